The molecule has 0 amide bonds. The van der Waals surface area contributed by atoms with E-state index in [1.54, 1.807) is 0 Å². The number of hydrogen-bond donors (Lipinski definition) is 0. The van der Waals surface area contributed by atoms with E-state index in [0.29, 0.717) is 31.3 Å². The van der Waals surface area contributed by atoms with Crippen molar-refractivity contribution in [2.45, 2.75) is 44.1 Å². The molecule has 0 radical (unpaired) electrons. The van der Waals surface area contributed by atoms with Crippen LogP contribution in [0.5, 0.6) is 0 Å². The topological polar surface area (TPSA) is 35.5 Å². The molecule has 3 rings (SSSR count). The Balaban J connectivity index is 1.67. The highest BCUT2D eigenvalue weighted by Gasteiger charge is 2.45. The van der Waals surface area contributed by atoms with Crippen molar-refractivity contribution in [2.75, 3.05) is 19.8 Å². The van der Waals surface area contributed by atoms with Gasteiger partial charge in [-0.1, -0.05) is 0 Å². The second-order valence-corrected chi connectivity index (χ2v) is 5.54. The summed E-state index contributed by atoms with van der Waals surface area (Å²) in [6, 6.07) is 0. The van der Waals surface area contributed by atoms with E-state index in [9.17, 15) is 4.79 Å². The van der Waals surface area contributed by atoms with E-state index >= 15 is 0 Å². The van der Waals surface area contributed by atoms with Gasteiger partial charge in [-0.15, -0.1) is 0 Å². The monoisotopic (exact) mass is 224 g/mol. The Bertz CT molecular complexity index is 283. The van der Waals surface area contributed by atoms with Gasteiger partial charge in [0.2, 0.25) is 0 Å². The lowest BCUT2D eigenvalue weighted by Crippen LogP contribution is -2.49. The number of hydrogen-bond acceptors (Lipinski definition) is 3. The fourth-order valence-electron chi connectivity index (χ4n) is 3.39. The van der Waals surface area contributed by atoms with Gasteiger partial charge in [0.05, 0.1) is 18.8 Å². The SMILES string of the molecule is O=C1CCOCC1C1CCOC2(CCC2)C1. The lowest BCUT2D eigenvalue weighted by atomic mass is 9.68. The van der Waals surface area contributed by atoms with Crippen molar-refractivity contribution in [1.29, 1.82) is 0 Å². The van der Waals surface area contributed by atoms with Crippen LogP contribution in [-0.2, 0) is 14.3 Å². The normalized spacial score (nSPS) is 38.4. The second kappa shape index (κ2) is 4.11. The molecule has 1 aliphatic carbocycles. The molecular weight excluding hydrogens is 204 g/mol. The highest BCUT2D eigenvalue weighted by Crippen LogP contribution is 2.46. The van der Waals surface area contributed by atoms with E-state index in [2.05, 4.69) is 0 Å². The van der Waals surface area contributed by atoms with Gasteiger partial charge in [-0.25, -0.2) is 0 Å². The molecule has 2 saturated heterocycles. The summed E-state index contributed by atoms with van der Waals surface area (Å²) in [7, 11) is 0. The molecule has 16 heavy (non-hydrogen) atoms. The maximum Gasteiger partial charge on any atom is 0.140 e. The molecule has 90 valence electrons. The number of carbonyl (C=O) groups is 1. The van der Waals surface area contributed by atoms with Crippen LogP contribution >= 0.6 is 0 Å². The van der Waals surface area contributed by atoms with Crippen molar-refractivity contribution < 1.29 is 14.3 Å². The molecule has 2 atom stereocenters. The van der Waals surface area contributed by atoms with Gasteiger partial charge in [0.25, 0.3) is 0 Å². The minimum Gasteiger partial charge on any atom is -0.380 e. The summed E-state index contributed by atoms with van der Waals surface area (Å²) >= 11 is 0. The molecular formula is C13H20O3. The van der Waals surface area contributed by atoms with E-state index in [1.165, 1.54) is 19.3 Å². The lowest BCUT2D eigenvalue weighted by molar-refractivity contribution is -0.161. The maximum atomic E-state index is 11.9. The summed E-state index contributed by atoms with van der Waals surface area (Å²) in [5.74, 6) is 1.10. The molecule has 3 aliphatic rings. The molecule has 3 nitrogen and oxygen atoms in total. The zero-order valence-electron chi connectivity index (χ0n) is 9.74. The quantitative estimate of drug-likeness (QED) is 0.683. The number of Topliss-reactive ketones (excluding diaryl/α,β-unsaturated/α-hetero) is 1. The molecule has 3 heteroatoms. The van der Waals surface area contributed by atoms with E-state index in [0.717, 1.165) is 19.4 Å². The molecule has 0 bridgehead atoms. The maximum absolute atomic E-state index is 11.9. The summed E-state index contributed by atoms with van der Waals surface area (Å²) in [4.78, 5) is 11.9. The Hall–Kier alpha value is -0.410. The Labute approximate surface area is 96.5 Å². The van der Waals surface area contributed by atoms with Crippen molar-refractivity contribution >= 4 is 5.78 Å². The van der Waals surface area contributed by atoms with Crippen LogP contribution in [0.15, 0.2) is 0 Å². The van der Waals surface area contributed by atoms with Crippen molar-refractivity contribution in [3.05, 3.63) is 0 Å². The molecule has 2 unspecified atom stereocenters. The predicted molar refractivity (Wildman–Crippen MR) is 59.2 cm³/mol. The highest BCUT2D eigenvalue weighted by molar-refractivity contribution is 5.82. The van der Waals surface area contributed by atoms with Gasteiger partial charge in [-0.3, -0.25) is 4.79 Å². The van der Waals surface area contributed by atoms with Crippen molar-refractivity contribution in [3.8, 4) is 0 Å². The van der Waals surface area contributed by atoms with Crippen LogP contribution in [0.25, 0.3) is 0 Å². The number of carbonyl (C=O) groups excluding carboxylic acids is 1. The largest absolute Gasteiger partial charge is 0.380 e. The van der Waals surface area contributed by atoms with E-state index < -0.39 is 0 Å². The molecule has 1 spiro atoms. The first kappa shape index (κ1) is 10.7. The van der Waals surface area contributed by atoms with Crippen LogP contribution in [0.4, 0.5) is 0 Å². The molecule has 2 aliphatic heterocycles. The number of ether oxygens (including phenoxy) is 2. The van der Waals surface area contributed by atoms with Crippen LogP contribution in [-0.4, -0.2) is 31.2 Å². The Morgan fingerprint density at radius 2 is 2.12 bits per heavy atom. The third kappa shape index (κ3) is 1.80. The van der Waals surface area contributed by atoms with Gasteiger partial charge in [0.1, 0.15) is 5.78 Å². The summed E-state index contributed by atoms with van der Waals surface area (Å²) in [5.41, 5.74) is 0.153. The van der Waals surface area contributed by atoms with Crippen LogP contribution in [0.2, 0.25) is 0 Å². The molecule has 3 fully saturated rings. The van der Waals surface area contributed by atoms with Crippen LogP contribution < -0.4 is 0 Å². The van der Waals surface area contributed by atoms with Gasteiger partial charge >= 0.3 is 0 Å². The Kier molecular flexibility index (Phi) is 2.76. The van der Waals surface area contributed by atoms with Crippen molar-refractivity contribution in [2.24, 2.45) is 11.8 Å². The minimum absolute atomic E-state index is 0.153. The van der Waals surface area contributed by atoms with Crippen molar-refractivity contribution in [3.63, 3.8) is 0 Å². The first-order valence-corrected chi connectivity index (χ1v) is 6.54. The summed E-state index contributed by atoms with van der Waals surface area (Å²) in [6.07, 6.45) is 6.45. The van der Waals surface area contributed by atoms with Crippen LogP contribution in [0.3, 0.4) is 0 Å². The van der Waals surface area contributed by atoms with Crippen LogP contribution in [0.1, 0.15) is 38.5 Å². The van der Waals surface area contributed by atoms with E-state index in [1.807, 2.05) is 0 Å². The van der Waals surface area contributed by atoms with Gasteiger partial charge in [0.15, 0.2) is 0 Å². The fourth-order valence-corrected chi connectivity index (χ4v) is 3.39. The summed E-state index contributed by atoms with van der Waals surface area (Å²) < 4.78 is 11.4. The lowest BCUT2D eigenvalue weighted by Gasteiger charge is -2.48. The minimum atomic E-state index is 0.153. The first-order valence-electron chi connectivity index (χ1n) is 6.54. The van der Waals surface area contributed by atoms with Gasteiger partial charge in [-0.05, 0) is 38.0 Å². The van der Waals surface area contributed by atoms with Gasteiger partial charge in [-0.2, -0.15) is 0 Å². The predicted octanol–water partition coefficient (Wildman–Crippen LogP) is 1.94. The van der Waals surface area contributed by atoms with Crippen molar-refractivity contribution in [1.82, 2.24) is 0 Å². The summed E-state index contributed by atoms with van der Waals surface area (Å²) in [5, 5.41) is 0. The molecule has 2 heterocycles. The number of rotatable bonds is 1. The second-order valence-electron chi connectivity index (χ2n) is 5.54. The Morgan fingerprint density at radius 1 is 1.25 bits per heavy atom. The number of ketones is 1. The molecule has 0 aromatic rings. The zero-order valence-corrected chi connectivity index (χ0v) is 9.74. The third-order valence-corrected chi connectivity index (χ3v) is 4.57. The first-order chi connectivity index (χ1) is 7.79. The van der Waals surface area contributed by atoms with Crippen LogP contribution in [0, 0.1) is 11.8 Å². The summed E-state index contributed by atoms with van der Waals surface area (Å²) in [6.45, 7) is 2.12. The highest BCUT2D eigenvalue weighted by atomic mass is 16.5. The average Bonchev–Trinajstić information content (AvgIpc) is 2.28. The standard InChI is InChI=1S/C13H20O3/c14-12-3-6-15-9-11(12)10-2-7-16-13(8-10)4-1-5-13/h10-11H,1-9H2. The fraction of sp³-hybridized carbons (Fsp3) is 0.923. The average molecular weight is 224 g/mol. The third-order valence-electron chi connectivity index (χ3n) is 4.57. The van der Waals surface area contributed by atoms with E-state index in [-0.39, 0.29) is 11.5 Å². The van der Waals surface area contributed by atoms with Gasteiger partial charge < -0.3 is 9.47 Å². The smallest absolute Gasteiger partial charge is 0.140 e. The molecule has 1 saturated carbocycles. The Morgan fingerprint density at radius 3 is 2.81 bits per heavy atom. The molecule has 0 aromatic heterocycles. The molecule has 0 N–H and O–H groups in total. The van der Waals surface area contributed by atoms with E-state index in [4.69, 9.17) is 9.47 Å². The van der Waals surface area contributed by atoms with Gasteiger partial charge in [0, 0.05) is 18.9 Å². The molecule has 0 aromatic carbocycles. The zero-order chi connectivity index (χ0) is 11.0.